The van der Waals surface area contributed by atoms with E-state index in [1.807, 2.05) is 33.8 Å². The molecule has 302 valence electrons. The van der Waals surface area contributed by atoms with E-state index >= 15 is 0 Å². The van der Waals surface area contributed by atoms with E-state index in [0.29, 0.717) is 38.6 Å². The fraction of sp³-hybridized carbons (Fsp3) is 0.649. The molecule has 1 saturated heterocycles. The zero-order valence-electron chi connectivity index (χ0n) is 32.2. The molecule has 0 aliphatic carbocycles. The SMILES string of the molecule is CC(C)C[C@@H]1NC(=O)[C@H](Cc2ccccc2)NC(=O)[C@H](N)CNC(=O)[C@H](N)CCCCNC(=O)[C@H](CCCCN=C(N)N)NC(=O)[C@H](CC(C)C)NC1=O. The lowest BCUT2D eigenvalue weighted by Gasteiger charge is -2.28. The first-order chi connectivity index (χ1) is 25.6. The predicted octanol–water partition coefficient (Wildman–Crippen LogP) is -1.22. The molecule has 6 atom stereocenters. The average molecular weight is 758 g/mol. The zero-order valence-corrected chi connectivity index (χ0v) is 32.2. The van der Waals surface area contributed by atoms with Gasteiger partial charge in [-0.05, 0) is 68.8 Å². The van der Waals surface area contributed by atoms with Gasteiger partial charge in [-0.25, -0.2) is 0 Å². The quantitative estimate of drug-likeness (QED) is 0.0729. The molecule has 17 heteroatoms. The third kappa shape index (κ3) is 17.4. The van der Waals surface area contributed by atoms with Crippen LogP contribution in [0.15, 0.2) is 35.3 Å². The fourth-order valence-corrected chi connectivity index (χ4v) is 5.89. The zero-order chi connectivity index (χ0) is 40.2. The van der Waals surface area contributed by atoms with E-state index in [-0.39, 0.29) is 56.6 Å². The van der Waals surface area contributed by atoms with Crippen LogP contribution in [0.4, 0.5) is 0 Å². The maximum Gasteiger partial charge on any atom is 0.243 e. The van der Waals surface area contributed by atoms with Gasteiger partial charge in [0.25, 0.3) is 0 Å². The number of carbonyl (C=O) groups excluding carboxylic acids is 6. The second-order valence-electron chi connectivity index (χ2n) is 14.7. The number of rotatable bonds is 11. The van der Waals surface area contributed by atoms with Gasteiger partial charge in [0.05, 0.1) is 6.04 Å². The normalized spacial score (nSPS) is 24.7. The lowest BCUT2D eigenvalue weighted by Crippen LogP contribution is -2.60. The lowest BCUT2D eigenvalue weighted by atomic mass is 9.98. The van der Waals surface area contributed by atoms with Gasteiger partial charge in [-0.15, -0.1) is 0 Å². The van der Waals surface area contributed by atoms with Crippen LogP contribution in [-0.2, 0) is 35.2 Å². The Hall–Kier alpha value is -4.77. The number of hydrogen-bond donors (Lipinski definition) is 10. The minimum Gasteiger partial charge on any atom is -0.370 e. The molecular formula is C37H63N11O6. The highest BCUT2D eigenvalue weighted by molar-refractivity contribution is 5.96. The summed E-state index contributed by atoms with van der Waals surface area (Å²) in [6.07, 6.45) is 3.27. The molecule has 1 fully saturated rings. The van der Waals surface area contributed by atoms with Crippen molar-refractivity contribution in [2.45, 2.75) is 122 Å². The number of nitrogens with one attached hydrogen (secondary N) is 6. The molecule has 2 rings (SSSR count). The first-order valence-corrected chi connectivity index (χ1v) is 18.9. The number of nitrogens with zero attached hydrogens (tertiary/aromatic N) is 1. The molecule has 17 nitrogen and oxygen atoms in total. The van der Waals surface area contributed by atoms with Crippen LogP contribution < -0.4 is 54.8 Å². The highest BCUT2D eigenvalue weighted by Crippen LogP contribution is 2.12. The van der Waals surface area contributed by atoms with Crippen molar-refractivity contribution in [1.82, 2.24) is 31.9 Å². The predicted molar refractivity (Wildman–Crippen MR) is 207 cm³/mol. The topological polar surface area (TPSA) is 291 Å². The third-order valence-electron chi connectivity index (χ3n) is 8.83. The molecule has 1 aromatic carbocycles. The van der Waals surface area contributed by atoms with Crippen LogP contribution in [0.25, 0.3) is 0 Å². The Morgan fingerprint density at radius 1 is 0.667 bits per heavy atom. The van der Waals surface area contributed by atoms with Crippen LogP contribution in [0.5, 0.6) is 0 Å². The van der Waals surface area contributed by atoms with Crippen molar-refractivity contribution in [3.05, 3.63) is 35.9 Å². The second-order valence-corrected chi connectivity index (χ2v) is 14.7. The molecule has 54 heavy (non-hydrogen) atoms. The van der Waals surface area contributed by atoms with Crippen LogP contribution in [0.3, 0.4) is 0 Å². The van der Waals surface area contributed by atoms with Gasteiger partial charge in [0.15, 0.2) is 5.96 Å². The Morgan fingerprint density at radius 2 is 1.22 bits per heavy atom. The molecule has 0 unspecified atom stereocenters. The van der Waals surface area contributed by atoms with Crippen molar-refractivity contribution in [3.8, 4) is 0 Å². The molecule has 0 aromatic heterocycles. The summed E-state index contributed by atoms with van der Waals surface area (Å²) >= 11 is 0. The van der Waals surface area contributed by atoms with E-state index in [0.717, 1.165) is 5.56 Å². The first kappa shape index (κ1) is 45.4. The van der Waals surface area contributed by atoms with E-state index in [1.165, 1.54) is 0 Å². The summed E-state index contributed by atoms with van der Waals surface area (Å²) in [5, 5.41) is 16.6. The highest BCUT2D eigenvalue weighted by atomic mass is 16.2. The fourth-order valence-electron chi connectivity index (χ4n) is 5.89. The number of nitrogens with two attached hydrogens (primary N) is 4. The summed E-state index contributed by atoms with van der Waals surface area (Å²) in [7, 11) is 0. The van der Waals surface area contributed by atoms with Crippen LogP contribution >= 0.6 is 0 Å². The molecule has 1 aliphatic heterocycles. The molecule has 0 bridgehead atoms. The average Bonchev–Trinajstić information content (AvgIpc) is 3.11. The van der Waals surface area contributed by atoms with Crippen molar-refractivity contribution >= 4 is 41.4 Å². The Kier molecular flexibility index (Phi) is 20.0. The maximum atomic E-state index is 13.9. The Bertz CT molecular complexity index is 1400. The summed E-state index contributed by atoms with van der Waals surface area (Å²) in [6, 6.07) is 2.80. The monoisotopic (exact) mass is 757 g/mol. The van der Waals surface area contributed by atoms with Gasteiger partial charge in [0.2, 0.25) is 35.4 Å². The summed E-state index contributed by atoms with van der Waals surface area (Å²) in [6.45, 7) is 7.99. The molecule has 1 aliphatic rings. The number of unbranched alkanes of at least 4 members (excludes halogenated alkanes) is 1. The van der Waals surface area contributed by atoms with Crippen LogP contribution in [-0.4, -0.2) is 97.3 Å². The van der Waals surface area contributed by atoms with Crippen molar-refractivity contribution in [2.75, 3.05) is 19.6 Å². The van der Waals surface area contributed by atoms with E-state index in [2.05, 4.69) is 36.9 Å². The standard InChI is InChI=1S/C37H63N11O6/c1-22(2)18-28-34(52)45-27(15-9-11-17-43-37(40)41)33(51)42-16-10-8-14-25(38)31(49)44-21-26(39)32(50)46-30(20-24-12-6-5-7-13-24)36(54)48-29(19-23(3)4)35(53)47-28/h5-7,12-13,22-23,25-30H,8-11,14-21,38-39H2,1-4H3,(H,42,51)(H,44,49)(H,45,52)(H,46,50)(H,47,53)(H,48,54)(H4,40,41,43)/t25-,26-,27+,28+,29+,30+/m1/s1. The van der Waals surface area contributed by atoms with E-state index in [9.17, 15) is 28.8 Å². The molecule has 6 amide bonds. The molecule has 0 spiro atoms. The minimum atomic E-state index is -1.20. The molecular weight excluding hydrogens is 694 g/mol. The smallest absolute Gasteiger partial charge is 0.243 e. The number of benzene rings is 1. The Balaban J connectivity index is 2.44. The van der Waals surface area contributed by atoms with Gasteiger partial charge in [-0.1, -0.05) is 58.0 Å². The van der Waals surface area contributed by atoms with Gasteiger partial charge in [0, 0.05) is 26.1 Å². The molecule has 0 radical (unpaired) electrons. The molecule has 1 aromatic rings. The largest absolute Gasteiger partial charge is 0.370 e. The summed E-state index contributed by atoms with van der Waals surface area (Å²) in [5.41, 5.74) is 23.8. The number of guanidine groups is 1. The van der Waals surface area contributed by atoms with Crippen molar-refractivity contribution in [2.24, 2.45) is 39.8 Å². The maximum absolute atomic E-state index is 13.9. The van der Waals surface area contributed by atoms with Gasteiger partial charge < -0.3 is 54.8 Å². The van der Waals surface area contributed by atoms with Crippen LogP contribution in [0.1, 0.15) is 84.6 Å². The third-order valence-corrected chi connectivity index (χ3v) is 8.83. The van der Waals surface area contributed by atoms with Gasteiger partial charge in [-0.3, -0.25) is 33.8 Å². The van der Waals surface area contributed by atoms with Gasteiger partial charge in [-0.2, -0.15) is 0 Å². The van der Waals surface area contributed by atoms with Crippen LogP contribution in [0, 0.1) is 11.8 Å². The summed E-state index contributed by atoms with van der Waals surface area (Å²) < 4.78 is 0. The second kappa shape index (κ2) is 23.8. The lowest BCUT2D eigenvalue weighted by molar-refractivity contribution is -0.135. The van der Waals surface area contributed by atoms with E-state index < -0.39 is 71.7 Å². The molecule has 0 saturated carbocycles. The molecule has 14 N–H and O–H groups in total. The number of aliphatic imine (C=N–C) groups is 1. The van der Waals surface area contributed by atoms with E-state index in [1.54, 1.807) is 24.3 Å². The van der Waals surface area contributed by atoms with Crippen molar-refractivity contribution in [1.29, 1.82) is 0 Å². The number of hydrogen-bond acceptors (Lipinski definition) is 9. The number of amides is 6. The Morgan fingerprint density at radius 3 is 1.80 bits per heavy atom. The van der Waals surface area contributed by atoms with Gasteiger partial charge >= 0.3 is 0 Å². The van der Waals surface area contributed by atoms with Crippen LogP contribution in [0.2, 0.25) is 0 Å². The minimum absolute atomic E-state index is 0.0175. The van der Waals surface area contributed by atoms with Gasteiger partial charge in [0.1, 0.15) is 30.2 Å². The summed E-state index contributed by atoms with van der Waals surface area (Å²) in [4.78, 5) is 85.0. The van der Waals surface area contributed by atoms with Crippen molar-refractivity contribution < 1.29 is 28.8 Å². The molecule has 1 heterocycles. The summed E-state index contributed by atoms with van der Waals surface area (Å²) in [5.74, 6) is -3.45. The Labute approximate surface area is 318 Å². The first-order valence-electron chi connectivity index (χ1n) is 18.9. The highest BCUT2D eigenvalue weighted by Gasteiger charge is 2.33. The van der Waals surface area contributed by atoms with Crippen molar-refractivity contribution in [3.63, 3.8) is 0 Å². The number of carbonyl (C=O) groups is 6. The van der Waals surface area contributed by atoms with E-state index in [4.69, 9.17) is 22.9 Å².